The molecule has 7 heteroatoms. The van der Waals surface area contributed by atoms with Crippen LogP contribution in [-0.2, 0) is 16.1 Å². The van der Waals surface area contributed by atoms with Crippen LogP contribution in [0.2, 0.25) is 5.02 Å². The first-order valence-electron chi connectivity index (χ1n) is 11.1. The number of ether oxygens (including phenoxy) is 2. The Kier molecular flexibility index (Phi) is 10.9. The number of nitrogens with one attached hydrogen (secondary N) is 1. The van der Waals surface area contributed by atoms with Gasteiger partial charge in [-0.15, -0.1) is 0 Å². The molecule has 2 amide bonds. The molecule has 0 aromatic heterocycles. The van der Waals surface area contributed by atoms with Gasteiger partial charge in [0, 0.05) is 24.5 Å². The van der Waals surface area contributed by atoms with E-state index >= 15 is 0 Å². The van der Waals surface area contributed by atoms with Crippen molar-refractivity contribution in [2.45, 2.75) is 52.1 Å². The number of nitrogens with zero attached hydrogens (tertiary/aromatic N) is 1. The molecule has 0 spiro atoms. The van der Waals surface area contributed by atoms with Crippen molar-refractivity contribution in [1.29, 1.82) is 0 Å². The molecule has 0 radical (unpaired) electrons. The van der Waals surface area contributed by atoms with E-state index in [-0.39, 0.29) is 24.8 Å². The first kappa shape index (κ1) is 25.5. The van der Waals surface area contributed by atoms with Gasteiger partial charge >= 0.3 is 0 Å². The van der Waals surface area contributed by atoms with E-state index in [9.17, 15) is 9.59 Å². The van der Waals surface area contributed by atoms with E-state index < -0.39 is 6.04 Å². The van der Waals surface area contributed by atoms with Gasteiger partial charge in [0.15, 0.2) is 0 Å². The molecule has 0 aliphatic carbocycles. The van der Waals surface area contributed by atoms with Crippen molar-refractivity contribution < 1.29 is 19.1 Å². The molecule has 2 rings (SSSR count). The summed E-state index contributed by atoms with van der Waals surface area (Å²) < 4.78 is 10.9. The van der Waals surface area contributed by atoms with E-state index in [2.05, 4.69) is 5.32 Å². The van der Waals surface area contributed by atoms with E-state index in [0.29, 0.717) is 31.0 Å². The Morgan fingerprint density at radius 2 is 1.75 bits per heavy atom. The molecular weight excluding hydrogens is 428 g/mol. The fourth-order valence-corrected chi connectivity index (χ4v) is 3.52. The highest BCUT2D eigenvalue weighted by atomic mass is 35.5. The van der Waals surface area contributed by atoms with Crippen LogP contribution in [0.1, 0.15) is 45.1 Å². The third kappa shape index (κ3) is 7.75. The highest BCUT2D eigenvalue weighted by Gasteiger charge is 2.28. The van der Waals surface area contributed by atoms with Crippen LogP contribution in [0.25, 0.3) is 0 Å². The summed E-state index contributed by atoms with van der Waals surface area (Å²) in [5.74, 6) is 1.25. The highest BCUT2D eigenvalue weighted by Crippen LogP contribution is 2.21. The second-order valence-electron chi connectivity index (χ2n) is 7.46. The number of methoxy groups -OCH3 is 1. The number of carbonyl (C=O) groups is 2. The first-order chi connectivity index (χ1) is 15.5. The summed E-state index contributed by atoms with van der Waals surface area (Å²) in [6, 6.07) is 14.2. The van der Waals surface area contributed by atoms with Crippen LogP contribution < -0.4 is 14.8 Å². The second kappa shape index (κ2) is 13.6. The summed E-state index contributed by atoms with van der Waals surface area (Å²) in [7, 11) is 1.61. The molecule has 174 valence electrons. The van der Waals surface area contributed by atoms with Gasteiger partial charge < -0.3 is 19.7 Å². The van der Waals surface area contributed by atoms with Crippen molar-refractivity contribution in [3.05, 3.63) is 59.1 Å². The predicted molar refractivity (Wildman–Crippen MR) is 127 cm³/mol. The van der Waals surface area contributed by atoms with Crippen LogP contribution in [0.15, 0.2) is 48.5 Å². The Morgan fingerprint density at radius 3 is 2.38 bits per heavy atom. The topological polar surface area (TPSA) is 67.9 Å². The number of hydrogen-bond donors (Lipinski definition) is 1. The smallest absolute Gasteiger partial charge is 0.242 e. The summed E-state index contributed by atoms with van der Waals surface area (Å²) in [4.78, 5) is 27.6. The fraction of sp³-hybridized carbons (Fsp3) is 0.440. The molecule has 0 aliphatic heterocycles. The molecule has 1 unspecified atom stereocenters. The predicted octanol–water partition coefficient (Wildman–Crippen LogP) is 4.84. The second-order valence-corrected chi connectivity index (χ2v) is 7.86. The molecule has 0 bridgehead atoms. The molecular formula is C25H33ClN2O4. The van der Waals surface area contributed by atoms with Gasteiger partial charge in [0.2, 0.25) is 11.8 Å². The maximum absolute atomic E-state index is 13.2. The van der Waals surface area contributed by atoms with Crippen molar-refractivity contribution in [3.63, 3.8) is 0 Å². The highest BCUT2D eigenvalue weighted by molar-refractivity contribution is 6.31. The minimum Gasteiger partial charge on any atom is -0.497 e. The van der Waals surface area contributed by atoms with Crippen LogP contribution in [0.5, 0.6) is 11.5 Å². The summed E-state index contributed by atoms with van der Waals surface area (Å²) in [6.45, 7) is 5.18. The number of amides is 2. The average Bonchev–Trinajstić information content (AvgIpc) is 2.81. The van der Waals surface area contributed by atoms with Crippen molar-refractivity contribution in [3.8, 4) is 11.5 Å². The molecule has 0 aliphatic rings. The van der Waals surface area contributed by atoms with Crippen LogP contribution in [0.4, 0.5) is 0 Å². The van der Waals surface area contributed by atoms with E-state index in [0.717, 1.165) is 23.5 Å². The Labute approximate surface area is 195 Å². The van der Waals surface area contributed by atoms with E-state index in [1.165, 1.54) is 0 Å². The average molecular weight is 461 g/mol. The van der Waals surface area contributed by atoms with Gasteiger partial charge in [0.05, 0.1) is 13.7 Å². The molecule has 32 heavy (non-hydrogen) atoms. The van der Waals surface area contributed by atoms with Crippen LogP contribution in [0, 0.1) is 0 Å². The van der Waals surface area contributed by atoms with Crippen molar-refractivity contribution in [2.75, 3.05) is 20.3 Å². The number of hydrogen-bond acceptors (Lipinski definition) is 4. The Bertz CT molecular complexity index is 857. The third-order valence-corrected chi connectivity index (χ3v) is 5.47. The lowest BCUT2D eigenvalue weighted by molar-refractivity contribution is -0.141. The molecule has 1 N–H and O–H groups in total. The Hall–Kier alpha value is -2.73. The number of carbonyl (C=O) groups excluding carboxylic acids is 2. The molecule has 0 saturated heterocycles. The number of halogens is 1. The van der Waals surface area contributed by atoms with Crippen molar-refractivity contribution in [1.82, 2.24) is 10.2 Å². The molecule has 6 nitrogen and oxygen atoms in total. The number of rotatable bonds is 13. The van der Waals surface area contributed by atoms with E-state index in [1.807, 2.05) is 56.3 Å². The SMILES string of the molecule is CCCNC(=O)C(CC)N(Cc1ccccc1Cl)C(=O)CCCOc1ccc(OC)cc1. The summed E-state index contributed by atoms with van der Waals surface area (Å²) >= 11 is 6.33. The Morgan fingerprint density at radius 1 is 1.06 bits per heavy atom. The molecule has 0 heterocycles. The van der Waals surface area contributed by atoms with Crippen LogP contribution >= 0.6 is 11.6 Å². The lowest BCUT2D eigenvalue weighted by Crippen LogP contribution is -2.49. The Balaban J connectivity index is 2.03. The lowest BCUT2D eigenvalue weighted by Gasteiger charge is -2.31. The van der Waals surface area contributed by atoms with E-state index in [1.54, 1.807) is 18.1 Å². The van der Waals surface area contributed by atoms with Gasteiger partial charge in [0.1, 0.15) is 17.5 Å². The minimum atomic E-state index is -0.548. The zero-order valence-electron chi connectivity index (χ0n) is 19.1. The molecule has 2 aromatic rings. The number of benzene rings is 2. The van der Waals surface area contributed by atoms with Crippen molar-refractivity contribution in [2.24, 2.45) is 0 Å². The first-order valence-corrected chi connectivity index (χ1v) is 11.4. The standard InChI is InChI=1S/C25H33ClN2O4/c1-4-16-27-25(30)23(5-2)28(18-19-9-6-7-10-22(19)26)24(29)11-8-17-32-21-14-12-20(31-3)13-15-21/h6-7,9-10,12-15,23H,4-5,8,11,16-18H2,1-3H3,(H,27,30). The molecule has 2 aromatic carbocycles. The summed E-state index contributed by atoms with van der Waals surface area (Å²) in [5, 5.41) is 3.50. The maximum Gasteiger partial charge on any atom is 0.242 e. The monoisotopic (exact) mass is 460 g/mol. The largest absolute Gasteiger partial charge is 0.497 e. The van der Waals surface area contributed by atoms with Crippen molar-refractivity contribution >= 4 is 23.4 Å². The maximum atomic E-state index is 13.2. The summed E-state index contributed by atoms with van der Waals surface area (Å²) in [5.41, 5.74) is 0.818. The van der Waals surface area contributed by atoms with Gasteiger partial charge in [-0.1, -0.05) is 43.6 Å². The third-order valence-electron chi connectivity index (χ3n) is 5.10. The molecule has 0 saturated carbocycles. The lowest BCUT2D eigenvalue weighted by atomic mass is 10.1. The van der Waals surface area contributed by atoms with Gasteiger partial charge in [-0.25, -0.2) is 0 Å². The van der Waals surface area contributed by atoms with Gasteiger partial charge in [0.25, 0.3) is 0 Å². The zero-order valence-corrected chi connectivity index (χ0v) is 19.9. The van der Waals surface area contributed by atoms with Crippen LogP contribution in [0.3, 0.4) is 0 Å². The zero-order chi connectivity index (χ0) is 23.3. The molecule has 0 fully saturated rings. The van der Waals surface area contributed by atoms with Gasteiger partial charge in [-0.3, -0.25) is 9.59 Å². The summed E-state index contributed by atoms with van der Waals surface area (Å²) in [6.07, 6.45) is 2.17. The fourth-order valence-electron chi connectivity index (χ4n) is 3.32. The van der Waals surface area contributed by atoms with Gasteiger partial charge in [-0.05, 0) is 55.2 Å². The molecule has 1 atom stereocenters. The van der Waals surface area contributed by atoms with Gasteiger partial charge in [-0.2, -0.15) is 0 Å². The minimum absolute atomic E-state index is 0.0956. The quantitative estimate of drug-likeness (QED) is 0.434. The van der Waals surface area contributed by atoms with Crippen LogP contribution in [-0.4, -0.2) is 43.0 Å². The normalized spacial score (nSPS) is 11.5. The van der Waals surface area contributed by atoms with E-state index in [4.69, 9.17) is 21.1 Å².